The molecule has 0 saturated carbocycles. The molecular weight excluding hydrogens is 523 g/mol. The van der Waals surface area contributed by atoms with Gasteiger partial charge >= 0.3 is 0 Å². The molecule has 2 fully saturated rings. The van der Waals surface area contributed by atoms with E-state index < -0.39 is 0 Å². The third-order valence-electron chi connectivity index (χ3n) is 5.80. The SMILES string of the molecule is CCNC(=NCc1ccccc1CN1CCOCC1)NCC1(SCC)CCOCC1.I. The van der Waals surface area contributed by atoms with E-state index in [0.29, 0.717) is 6.54 Å². The highest BCUT2D eigenvalue weighted by Gasteiger charge is 2.32. The maximum absolute atomic E-state index is 5.61. The minimum Gasteiger partial charge on any atom is -0.381 e. The molecule has 2 heterocycles. The Morgan fingerprint density at radius 2 is 1.71 bits per heavy atom. The van der Waals surface area contributed by atoms with Crippen LogP contribution < -0.4 is 10.6 Å². The molecule has 0 bridgehead atoms. The monoisotopic (exact) mass is 562 g/mol. The number of morpholine rings is 1. The van der Waals surface area contributed by atoms with Gasteiger partial charge in [-0.25, -0.2) is 4.99 Å². The summed E-state index contributed by atoms with van der Waals surface area (Å²) < 4.78 is 11.3. The van der Waals surface area contributed by atoms with Gasteiger partial charge in [0.15, 0.2) is 5.96 Å². The highest BCUT2D eigenvalue weighted by molar-refractivity contribution is 14.0. The van der Waals surface area contributed by atoms with Crippen molar-refractivity contribution in [2.24, 2.45) is 4.99 Å². The molecule has 0 atom stereocenters. The van der Waals surface area contributed by atoms with E-state index in [9.17, 15) is 0 Å². The first-order valence-electron chi connectivity index (χ1n) is 11.4. The fraction of sp³-hybridized carbons (Fsp3) is 0.696. The number of nitrogens with one attached hydrogen (secondary N) is 2. The van der Waals surface area contributed by atoms with Crippen molar-refractivity contribution in [1.82, 2.24) is 15.5 Å². The molecule has 31 heavy (non-hydrogen) atoms. The summed E-state index contributed by atoms with van der Waals surface area (Å²) in [4.78, 5) is 7.39. The lowest BCUT2D eigenvalue weighted by Crippen LogP contribution is -2.48. The van der Waals surface area contributed by atoms with E-state index in [4.69, 9.17) is 14.5 Å². The van der Waals surface area contributed by atoms with Gasteiger partial charge in [0.1, 0.15) is 0 Å². The molecule has 2 N–H and O–H groups in total. The zero-order valence-electron chi connectivity index (χ0n) is 19.0. The number of halogens is 1. The van der Waals surface area contributed by atoms with Crippen molar-refractivity contribution < 1.29 is 9.47 Å². The normalized spacial score (nSPS) is 19.5. The Hall–Kier alpha value is -0.550. The Morgan fingerprint density at radius 3 is 2.39 bits per heavy atom. The summed E-state index contributed by atoms with van der Waals surface area (Å²) in [7, 11) is 0. The quantitative estimate of drug-likeness (QED) is 0.273. The number of hydrogen-bond donors (Lipinski definition) is 2. The average molecular weight is 563 g/mol. The van der Waals surface area contributed by atoms with Gasteiger partial charge in [0.2, 0.25) is 0 Å². The standard InChI is InChI=1S/C23H38N4O2S.HI/c1-3-24-22(26-19-23(30-4-2)9-13-28-14-10-23)25-17-20-7-5-6-8-21(20)18-27-11-15-29-16-12-27;/h5-8H,3-4,9-19H2,1-2H3,(H2,24,25,26);1H. The Balaban J connectivity index is 0.00000341. The number of nitrogens with zero attached hydrogens (tertiary/aromatic N) is 2. The Bertz CT molecular complexity index is 659. The van der Waals surface area contributed by atoms with Crippen molar-refractivity contribution in [3.63, 3.8) is 0 Å². The van der Waals surface area contributed by atoms with Crippen LogP contribution in [0.3, 0.4) is 0 Å². The maximum Gasteiger partial charge on any atom is 0.191 e. The summed E-state index contributed by atoms with van der Waals surface area (Å²) in [5.74, 6) is 2.03. The lowest BCUT2D eigenvalue weighted by Gasteiger charge is -2.37. The van der Waals surface area contributed by atoms with Crippen molar-refractivity contribution in [3.05, 3.63) is 35.4 Å². The van der Waals surface area contributed by atoms with Gasteiger partial charge in [-0.05, 0) is 36.6 Å². The molecule has 1 aromatic rings. The van der Waals surface area contributed by atoms with Crippen LogP contribution in [-0.2, 0) is 22.6 Å². The lowest BCUT2D eigenvalue weighted by atomic mass is 9.99. The minimum atomic E-state index is 0. The summed E-state index contributed by atoms with van der Waals surface area (Å²) in [5, 5.41) is 7.05. The summed E-state index contributed by atoms with van der Waals surface area (Å²) in [5.41, 5.74) is 2.66. The molecule has 0 aliphatic carbocycles. The van der Waals surface area contributed by atoms with Crippen LogP contribution in [0.5, 0.6) is 0 Å². The first-order valence-corrected chi connectivity index (χ1v) is 12.3. The number of hydrogen-bond acceptors (Lipinski definition) is 5. The smallest absolute Gasteiger partial charge is 0.191 e. The molecule has 2 aliphatic heterocycles. The number of aliphatic imine (C=N–C) groups is 1. The second-order valence-electron chi connectivity index (χ2n) is 7.93. The van der Waals surface area contributed by atoms with Gasteiger partial charge < -0.3 is 20.1 Å². The van der Waals surface area contributed by atoms with Gasteiger partial charge in [-0.3, -0.25) is 4.90 Å². The fourth-order valence-electron chi connectivity index (χ4n) is 4.04. The molecule has 6 nitrogen and oxygen atoms in total. The highest BCUT2D eigenvalue weighted by Crippen LogP contribution is 2.34. The van der Waals surface area contributed by atoms with Crippen LogP contribution in [0, 0.1) is 0 Å². The van der Waals surface area contributed by atoms with Crippen LogP contribution in [0.4, 0.5) is 0 Å². The van der Waals surface area contributed by atoms with E-state index in [-0.39, 0.29) is 28.7 Å². The van der Waals surface area contributed by atoms with Crippen LogP contribution in [0.2, 0.25) is 0 Å². The molecule has 0 spiro atoms. The molecule has 176 valence electrons. The number of ether oxygens (including phenoxy) is 2. The van der Waals surface area contributed by atoms with Gasteiger partial charge in [-0.15, -0.1) is 24.0 Å². The van der Waals surface area contributed by atoms with Gasteiger partial charge in [-0.2, -0.15) is 11.8 Å². The Kier molecular flexibility index (Phi) is 12.5. The first kappa shape index (κ1) is 26.7. The van der Waals surface area contributed by atoms with Crippen LogP contribution in [0.1, 0.15) is 37.8 Å². The fourth-order valence-corrected chi connectivity index (χ4v) is 5.28. The molecule has 0 radical (unpaired) electrons. The largest absolute Gasteiger partial charge is 0.381 e. The molecule has 0 unspecified atom stereocenters. The van der Waals surface area contributed by atoms with Crippen molar-refractivity contribution in [2.45, 2.75) is 44.5 Å². The van der Waals surface area contributed by atoms with Crippen molar-refractivity contribution in [3.8, 4) is 0 Å². The number of rotatable bonds is 9. The summed E-state index contributed by atoms with van der Waals surface area (Å²) in [6, 6.07) is 8.68. The van der Waals surface area contributed by atoms with Gasteiger partial charge in [-0.1, -0.05) is 31.2 Å². The molecule has 2 saturated heterocycles. The van der Waals surface area contributed by atoms with Crippen LogP contribution in [-0.4, -0.2) is 74.0 Å². The third-order valence-corrected chi connectivity index (χ3v) is 7.25. The van der Waals surface area contributed by atoms with Gasteiger partial charge in [0.25, 0.3) is 0 Å². The van der Waals surface area contributed by atoms with Crippen molar-refractivity contribution >= 4 is 41.7 Å². The molecular formula is C23H39IN4O2S. The second kappa shape index (κ2) is 14.6. The average Bonchev–Trinajstić information content (AvgIpc) is 2.78. The van der Waals surface area contributed by atoms with E-state index in [1.807, 2.05) is 0 Å². The van der Waals surface area contributed by atoms with E-state index in [2.05, 4.69) is 65.4 Å². The first-order chi connectivity index (χ1) is 14.7. The molecule has 2 aliphatic rings. The second-order valence-corrected chi connectivity index (χ2v) is 9.67. The van der Waals surface area contributed by atoms with Gasteiger partial charge in [0.05, 0.1) is 19.8 Å². The lowest BCUT2D eigenvalue weighted by molar-refractivity contribution is 0.0341. The zero-order chi connectivity index (χ0) is 21.1. The molecule has 8 heteroatoms. The molecule has 1 aromatic carbocycles. The Labute approximate surface area is 209 Å². The van der Waals surface area contributed by atoms with Crippen LogP contribution in [0.25, 0.3) is 0 Å². The maximum atomic E-state index is 5.61. The Morgan fingerprint density at radius 1 is 1.03 bits per heavy atom. The number of guanidine groups is 1. The van der Waals surface area contributed by atoms with E-state index >= 15 is 0 Å². The predicted molar refractivity (Wildman–Crippen MR) is 142 cm³/mol. The third kappa shape index (κ3) is 8.72. The number of thioether (sulfide) groups is 1. The minimum absolute atomic E-state index is 0. The van der Waals surface area contributed by atoms with E-state index in [0.717, 1.165) is 83.7 Å². The van der Waals surface area contributed by atoms with E-state index in [1.54, 1.807) is 0 Å². The summed E-state index contributed by atoms with van der Waals surface area (Å²) >= 11 is 2.06. The van der Waals surface area contributed by atoms with Crippen molar-refractivity contribution in [2.75, 3.05) is 58.4 Å². The van der Waals surface area contributed by atoms with Crippen LogP contribution in [0.15, 0.2) is 29.3 Å². The van der Waals surface area contributed by atoms with Crippen LogP contribution >= 0.6 is 35.7 Å². The van der Waals surface area contributed by atoms with Gasteiger partial charge in [0, 0.05) is 50.7 Å². The predicted octanol–water partition coefficient (Wildman–Crippen LogP) is 3.49. The topological polar surface area (TPSA) is 58.1 Å². The summed E-state index contributed by atoms with van der Waals surface area (Å²) in [6.07, 6.45) is 2.20. The van der Waals surface area contributed by atoms with E-state index in [1.165, 1.54) is 11.1 Å². The summed E-state index contributed by atoms with van der Waals surface area (Å²) in [6.45, 7) is 13.2. The highest BCUT2D eigenvalue weighted by atomic mass is 127. The molecule has 3 rings (SSSR count). The molecule has 0 amide bonds. The number of benzene rings is 1. The van der Waals surface area contributed by atoms with Crippen molar-refractivity contribution in [1.29, 1.82) is 0 Å². The zero-order valence-corrected chi connectivity index (χ0v) is 22.2. The molecule has 0 aromatic heterocycles.